The van der Waals surface area contributed by atoms with Crippen molar-refractivity contribution in [1.82, 2.24) is 29.3 Å². The number of amides is 1. The van der Waals surface area contributed by atoms with Crippen LogP contribution in [0.1, 0.15) is 18.9 Å². The molecule has 4 aromatic heterocycles. The van der Waals surface area contributed by atoms with Gasteiger partial charge in [-0.3, -0.25) is 9.48 Å². The number of hydrogen-bond acceptors (Lipinski definition) is 6. The number of hydrogen-bond donors (Lipinski definition) is 0. The summed E-state index contributed by atoms with van der Waals surface area (Å²) >= 11 is 0. The van der Waals surface area contributed by atoms with Crippen LogP contribution < -0.4 is 4.90 Å². The molecule has 2 atom stereocenters. The number of aryl methyl sites for hydroxylation is 1. The fraction of sp³-hybridized carbons (Fsp3) is 0.269. The van der Waals surface area contributed by atoms with Crippen LogP contribution in [0, 0.1) is 11.3 Å². The Labute approximate surface area is 202 Å². The molecule has 7 rings (SSSR count). The highest BCUT2D eigenvalue weighted by Gasteiger charge is 2.46. The first-order valence-electron chi connectivity index (χ1n) is 11.5. The van der Waals surface area contributed by atoms with E-state index < -0.39 is 0 Å². The molecular formula is C26H24N8O. The summed E-state index contributed by atoms with van der Waals surface area (Å²) in [5.74, 6) is 0.945. The molecule has 3 aliphatic heterocycles. The number of fused-ring (bicyclic) bond motifs is 3. The van der Waals surface area contributed by atoms with Crippen molar-refractivity contribution < 1.29 is 4.79 Å². The minimum Gasteiger partial charge on any atom is -0.347 e. The summed E-state index contributed by atoms with van der Waals surface area (Å²) in [7, 11) is 1.88. The van der Waals surface area contributed by atoms with Crippen LogP contribution in [0.2, 0.25) is 0 Å². The standard InChI is InChI=1S/C26H24N8O/c1-16(2)26(35)32-14-21-7-22(15-32)34(21)24-5-4-17(9-28-24)23-6-18(20-11-29-31(3)12-20)13-33-25(23)19(8-27)10-30-33/h4-6,9-13,21-22H,1,7,14-15H2,2-3H3. The smallest absolute Gasteiger partial charge is 0.249 e. The number of rotatable bonds is 4. The van der Waals surface area contributed by atoms with Crippen molar-refractivity contribution in [1.29, 1.82) is 5.26 Å². The van der Waals surface area contributed by atoms with E-state index in [9.17, 15) is 10.1 Å². The quantitative estimate of drug-likeness (QED) is 0.431. The lowest BCUT2D eigenvalue weighted by Crippen LogP contribution is -2.70. The predicted octanol–water partition coefficient (Wildman–Crippen LogP) is 3.03. The molecule has 0 N–H and O–H groups in total. The predicted molar refractivity (Wildman–Crippen MR) is 131 cm³/mol. The Balaban J connectivity index is 1.34. The topological polar surface area (TPSA) is 95.4 Å². The van der Waals surface area contributed by atoms with Gasteiger partial charge in [0.1, 0.15) is 11.9 Å². The summed E-state index contributed by atoms with van der Waals surface area (Å²) in [5, 5.41) is 18.3. The summed E-state index contributed by atoms with van der Waals surface area (Å²) in [4.78, 5) is 21.3. The number of nitrogens with zero attached hydrogens (tertiary/aromatic N) is 8. The summed E-state index contributed by atoms with van der Waals surface area (Å²) < 4.78 is 3.51. The minimum atomic E-state index is 0.0364. The molecule has 35 heavy (non-hydrogen) atoms. The van der Waals surface area contributed by atoms with Crippen molar-refractivity contribution >= 4 is 17.2 Å². The maximum absolute atomic E-state index is 12.3. The van der Waals surface area contributed by atoms with Gasteiger partial charge in [0, 0.05) is 66.6 Å². The molecule has 9 heteroatoms. The average Bonchev–Trinajstić information content (AvgIpc) is 3.49. The third-order valence-electron chi connectivity index (χ3n) is 6.94. The van der Waals surface area contributed by atoms with Gasteiger partial charge in [0.05, 0.1) is 35.6 Å². The summed E-state index contributed by atoms with van der Waals surface area (Å²) in [5.41, 5.74) is 5.57. The molecule has 3 saturated heterocycles. The van der Waals surface area contributed by atoms with Gasteiger partial charge in [0.15, 0.2) is 0 Å². The van der Waals surface area contributed by atoms with E-state index in [2.05, 4.69) is 33.8 Å². The summed E-state index contributed by atoms with van der Waals surface area (Å²) in [6.45, 7) is 6.95. The van der Waals surface area contributed by atoms with E-state index in [-0.39, 0.29) is 18.0 Å². The van der Waals surface area contributed by atoms with Gasteiger partial charge in [-0.05, 0) is 31.5 Å². The van der Waals surface area contributed by atoms with Gasteiger partial charge in [0.2, 0.25) is 5.91 Å². The van der Waals surface area contributed by atoms with E-state index in [1.54, 1.807) is 22.3 Å². The second-order valence-corrected chi connectivity index (χ2v) is 9.35. The molecule has 7 heterocycles. The first kappa shape index (κ1) is 21.1. The first-order chi connectivity index (χ1) is 16.9. The lowest BCUT2D eigenvalue weighted by atomic mass is 9.87. The van der Waals surface area contributed by atoms with E-state index in [0.717, 1.165) is 40.0 Å². The fourth-order valence-corrected chi connectivity index (χ4v) is 5.27. The monoisotopic (exact) mass is 464 g/mol. The van der Waals surface area contributed by atoms with Gasteiger partial charge in [-0.1, -0.05) is 6.58 Å². The third kappa shape index (κ3) is 3.37. The van der Waals surface area contributed by atoms with E-state index >= 15 is 0 Å². The molecule has 0 radical (unpaired) electrons. The lowest BCUT2D eigenvalue weighted by molar-refractivity contribution is -0.130. The zero-order valence-electron chi connectivity index (χ0n) is 19.6. The number of carbonyl (C=O) groups is 1. The molecule has 0 aliphatic carbocycles. The zero-order valence-corrected chi connectivity index (χ0v) is 19.6. The molecule has 1 amide bonds. The van der Waals surface area contributed by atoms with Gasteiger partial charge < -0.3 is 9.80 Å². The molecule has 4 aromatic rings. The van der Waals surface area contributed by atoms with Crippen LogP contribution in [-0.2, 0) is 11.8 Å². The van der Waals surface area contributed by atoms with E-state index in [1.165, 1.54) is 0 Å². The highest BCUT2D eigenvalue weighted by Crippen LogP contribution is 2.38. The van der Waals surface area contributed by atoms with Gasteiger partial charge in [-0.15, -0.1) is 0 Å². The molecule has 0 spiro atoms. The molecule has 2 bridgehead atoms. The molecule has 174 valence electrons. The second kappa shape index (κ2) is 7.81. The molecule has 3 aliphatic rings. The second-order valence-electron chi connectivity index (χ2n) is 9.35. The Bertz CT molecular complexity index is 1510. The van der Waals surface area contributed by atoms with Crippen LogP contribution in [0.4, 0.5) is 5.82 Å². The Hall–Kier alpha value is -4.45. The Morgan fingerprint density at radius 2 is 1.89 bits per heavy atom. The Kier molecular flexibility index (Phi) is 4.71. The first-order valence-corrected chi connectivity index (χ1v) is 11.5. The lowest BCUT2D eigenvalue weighted by Gasteiger charge is -2.57. The van der Waals surface area contributed by atoms with E-state index in [4.69, 9.17) is 4.98 Å². The van der Waals surface area contributed by atoms with Gasteiger partial charge in [-0.2, -0.15) is 15.5 Å². The van der Waals surface area contributed by atoms with Gasteiger partial charge in [0.25, 0.3) is 0 Å². The van der Waals surface area contributed by atoms with Crippen molar-refractivity contribution in [2.75, 3.05) is 18.0 Å². The average molecular weight is 465 g/mol. The van der Waals surface area contributed by atoms with Gasteiger partial charge >= 0.3 is 0 Å². The fourth-order valence-electron chi connectivity index (χ4n) is 5.27. The number of aromatic nitrogens is 5. The number of anilines is 1. The van der Waals surface area contributed by atoms with Crippen LogP contribution >= 0.6 is 0 Å². The minimum absolute atomic E-state index is 0.0364. The number of pyridine rings is 2. The van der Waals surface area contributed by atoms with Crippen LogP contribution in [0.25, 0.3) is 27.8 Å². The number of nitriles is 1. The van der Waals surface area contributed by atoms with Crippen molar-refractivity contribution in [3.05, 3.63) is 66.9 Å². The summed E-state index contributed by atoms with van der Waals surface area (Å²) in [6.07, 6.45) is 10.2. The molecule has 9 nitrogen and oxygen atoms in total. The van der Waals surface area contributed by atoms with Crippen LogP contribution in [0.5, 0.6) is 0 Å². The maximum atomic E-state index is 12.3. The summed E-state index contributed by atoms with van der Waals surface area (Å²) in [6, 6.07) is 8.93. The Morgan fingerprint density at radius 3 is 2.51 bits per heavy atom. The molecule has 3 fully saturated rings. The third-order valence-corrected chi connectivity index (χ3v) is 6.94. The molecule has 0 aromatic carbocycles. The van der Waals surface area contributed by atoms with Crippen molar-refractivity contribution in [3.63, 3.8) is 0 Å². The molecule has 0 saturated carbocycles. The van der Waals surface area contributed by atoms with Crippen LogP contribution in [0.15, 0.2) is 61.3 Å². The van der Waals surface area contributed by atoms with Crippen molar-refractivity contribution in [3.8, 4) is 28.3 Å². The molecule has 2 unspecified atom stereocenters. The highest BCUT2D eigenvalue weighted by molar-refractivity contribution is 5.92. The van der Waals surface area contributed by atoms with Crippen molar-refractivity contribution in [2.45, 2.75) is 25.4 Å². The maximum Gasteiger partial charge on any atom is 0.249 e. The number of piperidine rings is 1. The number of piperazine rings is 1. The normalized spacial score (nSPS) is 18.9. The highest BCUT2D eigenvalue weighted by atomic mass is 16.2. The van der Waals surface area contributed by atoms with Crippen molar-refractivity contribution in [2.24, 2.45) is 7.05 Å². The van der Waals surface area contributed by atoms with Crippen LogP contribution in [0.3, 0.4) is 0 Å². The largest absolute Gasteiger partial charge is 0.347 e. The zero-order chi connectivity index (χ0) is 24.3. The van der Waals surface area contributed by atoms with Gasteiger partial charge in [-0.25, -0.2) is 9.50 Å². The van der Waals surface area contributed by atoms with E-state index in [0.29, 0.717) is 24.2 Å². The van der Waals surface area contributed by atoms with Crippen LogP contribution in [-0.4, -0.2) is 60.4 Å². The van der Waals surface area contributed by atoms with E-state index in [1.807, 2.05) is 48.9 Å². The SMILES string of the molecule is C=C(C)C(=O)N1CC2CC(C1)N2c1ccc(-c2cc(-c3cnn(C)c3)cn3ncc(C#N)c23)cn1. The Morgan fingerprint density at radius 1 is 1.09 bits per heavy atom. The number of carbonyl (C=O) groups excluding carboxylic acids is 1. The molecular weight excluding hydrogens is 440 g/mol.